The van der Waals surface area contributed by atoms with Crippen molar-refractivity contribution in [1.29, 1.82) is 0 Å². The molecule has 4 heteroatoms. The van der Waals surface area contributed by atoms with E-state index in [1.165, 1.54) is 0 Å². The molecule has 0 bridgehead atoms. The van der Waals surface area contributed by atoms with Crippen LogP contribution in [-0.2, 0) is 4.84 Å². The third-order valence-corrected chi connectivity index (χ3v) is 4.91. The summed E-state index contributed by atoms with van der Waals surface area (Å²) in [5.41, 5.74) is 1.19. The van der Waals surface area contributed by atoms with E-state index < -0.39 is 0 Å². The number of hydrogen-bond acceptors (Lipinski definition) is 3. The predicted octanol–water partition coefficient (Wildman–Crippen LogP) is 3.82. The van der Waals surface area contributed by atoms with Gasteiger partial charge in [-0.25, -0.2) is 0 Å². The van der Waals surface area contributed by atoms with Crippen molar-refractivity contribution in [3.05, 3.63) is 35.4 Å². The van der Waals surface area contributed by atoms with Crippen LogP contribution in [0, 0.1) is 11.3 Å². The lowest BCUT2D eigenvalue weighted by Gasteiger charge is -2.37. The molecule has 118 valence electrons. The molecule has 2 aliphatic rings. The molecule has 3 rings (SSSR count). The second kappa shape index (κ2) is 5.51. The first-order chi connectivity index (χ1) is 10.4. The number of carbonyl (C=O) groups excluding carboxylic acids is 2. The molecule has 0 atom stereocenters. The number of hydroxylamine groups is 2. The molecule has 1 aromatic carbocycles. The molecule has 1 aliphatic carbocycles. The van der Waals surface area contributed by atoms with Gasteiger partial charge in [-0.2, -0.15) is 0 Å². The van der Waals surface area contributed by atoms with Crippen LogP contribution in [0.15, 0.2) is 24.3 Å². The molecule has 0 aromatic heterocycles. The lowest BCUT2D eigenvalue weighted by Crippen LogP contribution is -2.37. The molecule has 0 spiro atoms. The number of fused-ring (bicyclic) bond motifs is 1. The van der Waals surface area contributed by atoms with Gasteiger partial charge in [0.25, 0.3) is 11.8 Å². The molecule has 1 aliphatic heterocycles. The Morgan fingerprint density at radius 1 is 0.955 bits per heavy atom. The fraction of sp³-hybridized carbons (Fsp3) is 0.556. The van der Waals surface area contributed by atoms with Gasteiger partial charge in [-0.15, -0.1) is 5.06 Å². The fourth-order valence-electron chi connectivity index (χ4n) is 3.45. The molecular formula is C18H23NO3. The van der Waals surface area contributed by atoms with Crippen LogP contribution in [0.5, 0.6) is 0 Å². The maximum Gasteiger partial charge on any atom is 0.285 e. The summed E-state index contributed by atoms with van der Waals surface area (Å²) in [6.07, 6.45) is 3.92. The van der Waals surface area contributed by atoms with Crippen LogP contribution >= 0.6 is 0 Å². The monoisotopic (exact) mass is 301 g/mol. The quantitative estimate of drug-likeness (QED) is 0.780. The van der Waals surface area contributed by atoms with Crippen LogP contribution in [0.1, 0.15) is 67.2 Å². The number of rotatable bonds is 2. The van der Waals surface area contributed by atoms with E-state index in [9.17, 15) is 9.59 Å². The molecule has 0 saturated heterocycles. The summed E-state index contributed by atoms with van der Waals surface area (Å²) in [5.74, 6) is 0.00613. The molecule has 2 amide bonds. The van der Waals surface area contributed by atoms with Crippen LogP contribution in [0.2, 0.25) is 0 Å². The van der Waals surface area contributed by atoms with E-state index in [0.717, 1.165) is 30.7 Å². The van der Waals surface area contributed by atoms with Crippen LogP contribution in [-0.4, -0.2) is 23.0 Å². The minimum absolute atomic E-state index is 0.0409. The number of amides is 2. The van der Waals surface area contributed by atoms with E-state index in [4.69, 9.17) is 4.84 Å². The highest BCUT2D eigenvalue weighted by atomic mass is 16.7. The zero-order chi connectivity index (χ0) is 15.9. The Labute approximate surface area is 131 Å². The van der Waals surface area contributed by atoms with Gasteiger partial charge in [-0.3, -0.25) is 14.4 Å². The van der Waals surface area contributed by atoms with Gasteiger partial charge in [0.1, 0.15) is 0 Å². The molecule has 1 saturated carbocycles. The van der Waals surface area contributed by atoms with Crippen molar-refractivity contribution < 1.29 is 14.4 Å². The first-order valence-electron chi connectivity index (χ1n) is 8.02. The highest BCUT2D eigenvalue weighted by Crippen LogP contribution is 2.39. The Morgan fingerprint density at radius 2 is 1.45 bits per heavy atom. The Balaban J connectivity index is 1.64. The van der Waals surface area contributed by atoms with Gasteiger partial charge in [0, 0.05) is 0 Å². The van der Waals surface area contributed by atoms with Crippen molar-refractivity contribution in [3.8, 4) is 0 Å². The largest absolute Gasteiger partial charge is 0.285 e. The van der Waals surface area contributed by atoms with Crippen molar-refractivity contribution in [3.63, 3.8) is 0 Å². The van der Waals surface area contributed by atoms with Crippen molar-refractivity contribution in [2.45, 2.75) is 52.6 Å². The number of hydrogen-bond donors (Lipinski definition) is 0. The van der Waals surface area contributed by atoms with Gasteiger partial charge >= 0.3 is 0 Å². The Bertz CT molecular complexity index is 560. The molecule has 0 unspecified atom stereocenters. The summed E-state index contributed by atoms with van der Waals surface area (Å²) in [7, 11) is 0. The first-order valence-corrected chi connectivity index (χ1v) is 8.02. The van der Waals surface area contributed by atoms with Crippen molar-refractivity contribution in [2.24, 2.45) is 11.3 Å². The van der Waals surface area contributed by atoms with Crippen LogP contribution in [0.4, 0.5) is 0 Å². The number of nitrogens with zero attached hydrogens (tertiary/aromatic N) is 1. The Morgan fingerprint density at radius 3 is 1.91 bits per heavy atom. The van der Waals surface area contributed by atoms with Gasteiger partial charge in [0.05, 0.1) is 17.2 Å². The number of carbonyl (C=O) groups is 2. The first kappa shape index (κ1) is 15.2. The third kappa shape index (κ3) is 2.68. The fourth-order valence-corrected chi connectivity index (χ4v) is 3.45. The van der Waals surface area contributed by atoms with Crippen LogP contribution in [0.25, 0.3) is 0 Å². The number of imide groups is 1. The molecular weight excluding hydrogens is 278 g/mol. The van der Waals surface area contributed by atoms with Gasteiger partial charge in [0.15, 0.2) is 0 Å². The molecule has 1 aromatic rings. The van der Waals surface area contributed by atoms with Gasteiger partial charge < -0.3 is 0 Å². The zero-order valence-corrected chi connectivity index (χ0v) is 13.5. The zero-order valence-electron chi connectivity index (χ0n) is 13.5. The van der Waals surface area contributed by atoms with E-state index in [1.807, 2.05) is 0 Å². The standard InChI is InChI=1S/C18H23NO3/c1-18(2,3)12-8-10-13(11-9-12)22-19-16(20)14-6-4-5-7-15(14)17(19)21/h4-7,12-13H,8-11H2,1-3H3. The van der Waals surface area contributed by atoms with Crippen LogP contribution in [0.3, 0.4) is 0 Å². The average Bonchev–Trinajstić information content (AvgIpc) is 2.73. The van der Waals surface area contributed by atoms with Crippen LogP contribution < -0.4 is 0 Å². The Kier molecular flexibility index (Phi) is 3.81. The number of benzene rings is 1. The van der Waals surface area contributed by atoms with E-state index in [0.29, 0.717) is 22.5 Å². The molecule has 0 N–H and O–H groups in total. The average molecular weight is 301 g/mol. The SMILES string of the molecule is CC(C)(C)C1CCC(ON2C(=O)c3ccccc3C2=O)CC1. The van der Waals surface area contributed by atoms with Crippen molar-refractivity contribution in [1.82, 2.24) is 5.06 Å². The normalized spacial score (nSPS) is 25.5. The third-order valence-electron chi connectivity index (χ3n) is 4.91. The van der Waals surface area contributed by atoms with E-state index in [2.05, 4.69) is 20.8 Å². The summed E-state index contributed by atoms with van der Waals surface area (Å²) in [6.45, 7) is 6.80. The minimum atomic E-state index is -0.335. The molecule has 4 nitrogen and oxygen atoms in total. The highest BCUT2D eigenvalue weighted by Gasteiger charge is 2.39. The van der Waals surface area contributed by atoms with E-state index >= 15 is 0 Å². The van der Waals surface area contributed by atoms with Gasteiger partial charge in [0.2, 0.25) is 0 Å². The predicted molar refractivity (Wildman–Crippen MR) is 83.2 cm³/mol. The molecule has 0 radical (unpaired) electrons. The summed E-state index contributed by atoms with van der Waals surface area (Å²) in [5, 5.41) is 0.965. The molecule has 22 heavy (non-hydrogen) atoms. The van der Waals surface area contributed by atoms with Crippen molar-refractivity contribution in [2.75, 3.05) is 0 Å². The van der Waals surface area contributed by atoms with Gasteiger partial charge in [-0.1, -0.05) is 32.9 Å². The highest BCUT2D eigenvalue weighted by molar-refractivity contribution is 6.20. The summed E-state index contributed by atoms with van der Waals surface area (Å²) in [4.78, 5) is 30.3. The lowest BCUT2D eigenvalue weighted by atomic mass is 9.72. The summed E-state index contributed by atoms with van der Waals surface area (Å²) >= 11 is 0. The van der Waals surface area contributed by atoms with Gasteiger partial charge in [-0.05, 0) is 49.1 Å². The second-order valence-electron chi connectivity index (χ2n) is 7.40. The topological polar surface area (TPSA) is 46.6 Å². The maximum atomic E-state index is 12.3. The summed E-state index contributed by atoms with van der Waals surface area (Å²) < 4.78 is 0. The smallest absolute Gasteiger partial charge is 0.266 e. The molecule has 1 heterocycles. The Hall–Kier alpha value is -1.68. The maximum absolute atomic E-state index is 12.3. The minimum Gasteiger partial charge on any atom is -0.266 e. The van der Waals surface area contributed by atoms with E-state index in [-0.39, 0.29) is 17.9 Å². The second-order valence-corrected chi connectivity index (χ2v) is 7.40. The lowest BCUT2D eigenvalue weighted by molar-refractivity contribution is -0.146. The molecule has 1 fully saturated rings. The van der Waals surface area contributed by atoms with E-state index in [1.54, 1.807) is 24.3 Å². The van der Waals surface area contributed by atoms with Crippen molar-refractivity contribution >= 4 is 11.8 Å². The summed E-state index contributed by atoms with van der Waals surface area (Å²) in [6, 6.07) is 6.88.